The molecule has 0 aromatic heterocycles. The summed E-state index contributed by atoms with van der Waals surface area (Å²) in [6, 6.07) is 5.70. The van der Waals surface area contributed by atoms with Crippen molar-refractivity contribution < 1.29 is 8.78 Å². The highest BCUT2D eigenvalue weighted by Crippen LogP contribution is 2.45. The molecule has 4 heteroatoms. The van der Waals surface area contributed by atoms with Crippen LogP contribution in [-0.4, -0.2) is 5.54 Å². The van der Waals surface area contributed by atoms with Gasteiger partial charge in [-0.3, -0.25) is 0 Å². The SMILES string of the molecule is NC1(C(F)(F)c2ccc(Cl)cc2)CCCCC1. The molecule has 0 saturated heterocycles. The quantitative estimate of drug-likeness (QED) is 0.850. The molecule has 2 rings (SSSR count). The standard InChI is InChI=1S/C13H16ClF2N/c14-11-6-4-10(5-7-11)13(15,16)12(17)8-2-1-3-9-12/h4-7H,1-3,8-9,17H2. The minimum atomic E-state index is -2.99. The number of rotatable bonds is 2. The number of halogens is 3. The summed E-state index contributed by atoms with van der Waals surface area (Å²) in [4.78, 5) is 0. The molecule has 0 radical (unpaired) electrons. The van der Waals surface area contributed by atoms with E-state index in [0.29, 0.717) is 17.9 Å². The third-order valence-electron chi connectivity index (χ3n) is 3.58. The summed E-state index contributed by atoms with van der Waals surface area (Å²) in [5.41, 5.74) is 4.48. The van der Waals surface area contributed by atoms with Gasteiger partial charge in [0.15, 0.2) is 0 Å². The Morgan fingerprint density at radius 3 is 2.12 bits per heavy atom. The zero-order chi connectivity index (χ0) is 12.5. The second-order valence-corrected chi connectivity index (χ2v) is 5.23. The summed E-state index contributed by atoms with van der Waals surface area (Å²) in [5.74, 6) is -2.99. The Hall–Kier alpha value is -0.670. The van der Waals surface area contributed by atoms with Crippen LogP contribution in [0.2, 0.25) is 5.02 Å². The van der Waals surface area contributed by atoms with Gasteiger partial charge in [-0.05, 0) is 25.0 Å². The highest BCUT2D eigenvalue weighted by molar-refractivity contribution is 6.30. The second kappa shape index (κ2) is 4.54. The van der Waals surface area contributed by atoms with Crippen LogP contribution in [0.25, 0.3) is 0 Å². The van der Waals surface area contributed by atoms with E-state index in [1.807, 2.05) is 0 Å². The van der Waals surface area contributed by atoms with Crippen LogP contribution in [0.4, 0.5) is 8.78 Å². The summed E-state index contributed by atoms with van der Waals surface area (Å²) in [5, 5.41) is 0.458. The van der Waals surface area contributed by atoms with Crippen molar-refractivity contribution in [3.05, 3.63) is 34.9 Å². The van der Waals surface area contributed by atoms with E-state index in [2.05, 4.69) is 0 Å². The smallest absolute Gasteiger partial charge is 0.290 e. The molecule has 0 amide bonds. The van der Waals surface area contributed by atoms with Crippen LogP contribution in [0, 0.1) is 0 Å². The molecule has 0 spiro atoms. The molecule has 0 bridgehead atoms. The molecule has 0 atom stereocenters. The molecule has 1 aliphatic rings. The van der Waals surface area contributed by atoms with Crippen LogP contribution in [0.3, 0.4) is 0 Å². The summed E-state index contributed by atoms with van der Waals surface area (Å²) < 4.78 is 28.8. The number of benzene rings is 1. The van der Waals surface area contributed by atoms with Gasteiger partial charge in [0.25, 0.3) is 5.92 Å². The largest absolute Gasteiger partial charge is 0.320 e. The molecular formula is C13H16ClF2N. The molecule has 1 fully saturated rings. The fourth-order valence-corrected chi connectivity index (χ4v) is 2.57. The Labute approximate surface area is 105 Å². The predicted molar refractivity (Wildman–Crippen MR) is 65.3 cm³/mol. The number of hydrogen-bond acceptors (Lipinski definition) is 1. The van der Waals surface area contributed by atoms with Crippen molar-refractivity contribution in [2.24, 2.45) is 5.73 Å². The maximum atomic E-state index is 14.4. The van der Waals surface area contributed by atoms with Crippen molar-refractivity contribution in [1.82, 2.24) is 0 Å². The average molecular weight is 260 g/mol. The highest BCUT2D eigenvalue weighted by atomic mass is 35.5. The lowest BCUT2D eigenvalue weighted by atomic mass is 9.75. The molecule has 17 heavy (non-hydrogen) atoms. The fraction of sp³-hybridized carbons (Fsp3) is 0.538. The van der Waals surface area contributed by atoms with Gasteiger partial charge < -0.3 is 5.73 Å². The van der Waals surface area contributed by atoms with E-state index >= 15 is 0 Å². The van der Waals surface area contributed by atoms with Crippen LogP contribution < -0.4 is 5.73 Å². The van der Waals surface area contributed by atoms with Crippen LogP contribution in [0.15, 0.2) is 24.3 Å². The van der Waals surface area contributed by atoms with Crippen molar-refractivity contribution in [1.29, 1.82) is 0 Å². The Bertz CT molecular complexity index is 383. The zero-order valence-corrected chi connectivity index (χ0v) is 10.3. The van der Waals surface area contributed by atoms with Gasteiger partial charge in [0.2, 0.25) is 0 Å². The van der Waals surface area contributed by atoms with E-state index in [9.17, 15) is 8.78 Å². The van der Waals surface area contributed by atoms with E-state index < -0.39 is 11.5 Å². The summed E-state index contributed by atoms with van der Waals surface area (Å²) in [7, 11) is 0. The lowest BCUT2D eigenvalue weighted by Crippen LogP contribution is -2.54. The Kier molecular flexibility index (Phi) is 3.41. The minimum absolute atomic E-state index is 0.0358. The molecule has 0 heterocycles. The van der Waals surface area contributed by atoms with E-state index in [4.69, 9.17) is 17.3 Å². The molecule has 1 aliphatic carbocycles. The summed E-state index contributed by atoms with van der Waals surface area (Å²) in [6.07, 6.45) is 3.31. The minimum Gasteiger partial charge on any atom is -0.320 e. The van der Waals surface area contributed by atoms with Gasteiger partial charge in [0, 0.05) is 10.6 Å². The first kappa shape index (κ1) is 12.8. The number of alkyl halides is 2. The third-order valence-corrected chi connectivity index (χ3v) is 3.83. The zero-order valence-electron chi connectivity index (χ0n) is 9.56. The van der Waals surface area contributed by atoms with Gasteiger partial charge in [0.05, 0.1) is 5.54 Å². The van der Waals surface area contributed by atoms with E-state index in [0.717, 1.165) is 19.3 Å². The van der Waals surface area contributed by atoms with Gasteiger partial charge in [0.1, 0.15) is 0 Å². The molecule has 0 unspecified atom stereocenters. The maximum absolute atomic E-state index is 14.4. The van der Waals surface area contributed by atoms with Gasteiger partial charge in [-0.15, -0.1) is 0 Å². The van der Waals surface area contributed by atoms with E-state index in [-0.39, 0.29) is 5.56 Å². The maximum Gasteiger partial charge on any atom is 0.290 e. The van der Waals surface area contributed by atoms with Crippen molar-refractivity contribution in [2.45, 2.75) is 43.6 Å². The monoisotopic (exact) mass is 259 g/mol. The van der Waals surface area contributed by atoms with Crippen LogP contribution in [0.1, 0.15) is 37.7 Å². The first-order chi connectivity index (χ1) is 7.96. The van der Waals surface area contributed by atoms with Crippen LogP contribution in [-0.2, 0) is 5.92 Å². The topological polar surface area (TPSA) is 26.0 Å². The van der Waals surface area contributed by atoms with Crippen LogP contribution >= 0.6 is 11.6 Å². The fourth-order valence-electron chi connectivity index (χ4n) is 2.44. The van der Waals surface area contributed by atoms with Gasteiger partial charge in [-0.2, -0.15) is 8.78 Å². The Morgan fingerprint density at radius 2 is 1.59 bits per heavy atom. The van der Waals surface area contributed by atoms with Crippen LogP contribution in [0.5, 0.6) is 0 Å². The molecule has 1 aromatic carbocycles. The van der Waals surface area contributed by atoms with Gasteiger partial charge in [-0.1, -0.05) is 43.0 Å². The molecule has 1 aromatic rings. The molecule has 1 saturated carbocycles. The lowest BCUT2D eigenvalue weighted by molar-refractivity contribution is -0.0954. The highest BCUT2D eigenvalue weighted by Gasteiger charge is 2.51. The van der Waals surface area contributed by atoms with E-state index in [1.165, 1.54) is 24.3 Å². The van der Waals surface area contributed by atoms with Crippen molar-refractivity contribution in [3.8, 4) is 0 Å². The summed E-state index contributed by atoms with van der Waals surface area (Å²) >= 11 is 5.71. The Morgan fingerprint density at radius 1 is 1.06 bits per heavy atom. The first-order valence-electron chi connectivity index (χ1n) is 5.88. The van der Waals surface area contributed by atoms with Crippen molar-refractivity contribution in [2.75, 3.05) is 0 Å². The predicted octanol–water partition coefficient (Wildman–Crippen LogP) is 4.09. The second-order valence-electron chi connectivity index (χ2n) is 4.80. The van der Waals surface area contributed by atoms with Crippen molar-refractivity contribution >= 4 is 11.6 Å². The number of hydrogen-bond donors (Lipinski definition) is 1. The summed E-state index contributed by atoms with van der Waals surface area (Å²) in [6.45, 7) is 0. The lowest BCUT2D eigenvalue weighted by Gasteiger charge is -2.40. The van der Waals surface area contributed by atoms with Crippen molar-refractivity contribution in [3.63, 3.8) is 0 Å². The first-order valence-corrected chi connectivity index (χ1v) is 6.26. The third kappa shape index (κ3) is 2.31. The molecular weight excluding hydrogens is 244 g/mol. The molecule has 0 aliphatic heterocycles. The molecule has 94 valence electrons. The molecule has 1 nitrogen and oxygen atoms in total. The van der Waals surface area contributed by atoms with E-state index in [1.54, 1.807) is 0 Å². The van der Waals surface area contributed by atoms with Gasteiger partial charge in [-0.25, -0.2) is 0 Å². The Balaban J connectivity index is 2.30. The average Bonchev–Trinajstić information content (AvgIpc) is 2.30. The normalized spacial score (nSPS) is 20.2. The van der Waals surface area contributed by atoms with Gasteiger partial charge >= 0.3 is 0 Å². The number of nitrogens with two attached hydrogens (primary N) is 1. The molecule has 2 N–H and O–H groups in total.